The molecule has 2 aromatic carbocycles. The molecule has 1 saturated heterocycles. The maximum Gasteiger partial charge on any atom is 0.254 e. The third-order valence-corrected chi connectivity index (χ3v) is 8.78. The maximum absolute atomic E-state index is 13.4. The first kappa shape index (κ1) is 28.4. The summed E-state index contributed by atoms with van der Waals surface area (Å²) in [6.07, 6.45) is 1.46. The first-order chi connectivity index (χ1) is 19.7. The summed E-state index contributed by atoms with van der Waals surface area (Å²) in [5.74, 6) is 0.549. The van der Waals surface area contributed by atoms with E-state index in [1.807, 2.05) is 17.9 Å². The fraction of sp³-hybridized carbons (Fsp3) is 0.345. The van der Waals surface area contributed by atoms with Crippen LogP contribution in [0.25, 0.3) is 11.0 Å². The van der Waals surface area contributed by atoms with E-state index >= 15 is 0 Å². The van der Waals surface area contributed by atoms with Crippen LogP contribution in [0.15, 0.2) is 60.8 Å². The van der Waals surface area contributed by atoms with Crippen LogP contribution in [0.4, 0.5) is 11.6 Å². The van der Waals surface area contributed by atoms with Crippen LogP contribution in [0.3, 0.4) is 0 Å². The summed E-state index contributed by atoms with van der Waals surface area (Å²) in [5.41, 5.74) is 1.88. The van der Waals surface area contributed by atoms with Gasteiger partial charge in [0.05, 0.1) is 30.5 Å². The second kappa shape index (κ2) is 11.8. The van der Waals surface area contributed by atoms with Crippen molar-refractivity contribution in [1.82, 2.24) is 23.7 Å². The van der Waals surface area contributed by atoms with Crippen molar-refractivity contribution < 1.29 is 22.7 Å². The van der Waals surface area contributed by atoms with Gasteiger partial charge < -0.3 is 24.6 Å². The Morgan fingerprint density at radius 3 is 2.59 bits per heavy atom. The van der Waals surface area contributed by atoms with Crippen molar-refractivity contribution in [3.8, 4) is 11.6 Å². The van der Waals surface area contributed by atoms with Crippen molar-refractivity contribution >= 4 is 38.6 Å². The van der Waals surface area contributed by atoms with E-state index in [9.17, 15) is 13.2 Å². The SMILES string of the molecule is CCOc1nc(Nc2ccc(C(=O)N3CCN(C)[C@@H](C)C3)cc2OC)nc2c1ccn2S(=O)(=O)Cc1ccccc1. The lowest BCUT2D eigenvalue weighted by molar-refractivity contribution is 0.0572. The van der Waals surface area contributed by atoms with Crippen LogP contribution in [0.5, 0.6) is 11.6 Å². The number of aromatic nitrogens is 3. The number of nitrogens with one attached hydrogen (secondary N) is 1. The summed E-state index contributed by atoms with van der Waals surface area (Å²) in [7, 11) is -0.216. The van der Waals surface area contributed by atoms with Gasteiger partial charge in [0.1, 0.15) is 5.75 Å². The molecular weight excluding hydrogens is 544 g/mol. The predicted octanol–water partition coefficient (Wildman–Crippen LogP) is 3.74. The number of fused-ring (bicyclic) bond motifs is 1. The highest BCUT2D eigenvalue weighted by molar-refractivity contribution is 7.89. The van der Waals surface area contributed by atoms with Gasteiger partial charge in [0.15, 0.2) is 5.65 Å². The number of ether oxygens (including phenoxy) is 2. The van der Waals surface area contributed by atoms with Crippen molar-refractivity contribution in [1.29, 1.82) is 0 Å². The molecule has 1 aliphatic heterocycles. The number of likely N-dealkylation sites (N-methyl/N-ethyl adjacent to an activating group) is 1. The number of hydrogen-bond acceptors (Lipinski definition) is 9. The number of hydrogen-bond donors (Lipinski definition) is 1. The zero-order valence-electron chi connectivity index (χ0n) is 23.6. The molecule has 1 N–H and O–H groups in total. The molecule has 41 heavy (non-hydrogen) atoms. The van der Waals surface area contributed by atoms with Gasteiger partial charge in [-0.2, -0.15) is 9.97 Å². The predicted molar refractivity (Wildman–Crippen MR) is 157 cm³/mol. The van der Waals surface area contributed by atoms with Crippen LogP contribution in [-0.2, 0) is 15.8 Å². The lowest BCUT2D eigenvalue weighted by Gasteiger charge is -2.37. The Morgan fingerprint density at radius 1 is 1.10 bits per heavy atom. The third-order valence-electron chi connectivity index (χ3n) is 7.19. The molecule has 1 aliphatic rings. The molecule has 0 spiro atoms. The van der Waals surface area contributed by atoms with E-state index < -0.39 is 10.0 Å². The number of methoxy groups -OCH3 is 1. The monoisotopic (exact) mass is 578 g/mol. The number of anilines is 2. The van der Waals surface area contributed by atoms with Crippen molar-refractivity contribution in [3.63, 3.8) is 0 Å². The molecule has 11 nitrogen and oxygen atoms in total. The van der Waals surface area contributed by atoms with Gasteiger partial charge in [-0.25, -0.2) is 12.4 Å². The second-order valence-electron chi connectivity index (χ2n) is 10.00. The van der Waals surface area contributed by atoms with Gasteiger partial charge >= 0.3 is 0 Å². The molecule has 0 unspecified atom stereocenters. The molecule has 1 amide bonds. The molecule has 0 bridgehead atoms. The zero-order chi connectivity index (χ0) is 29.1. The Hall–Kier alpha value is -4.16. The molecule has 3 heterocycles. The summed E-state index contributed by atoms with van der Waals surface area (Å²) < 4.78 is 39.2. The molecular formula is C29H34N6O5S. The highest BCUT2D eigenvalue weighted by Gasteiger charge is 2.26. The van der Waals surface area contributed by atoms with Crippen molar-refractivity contribution in [2.45, 2.75) is 25.6 Å². The molecule has 1 atom stereocenters. The van der Waals surface area contributed by atoms with Gasteiger partial charge in [-0.05, 0) is 50.7 Å². The van der Waals surface area contributed by atoms with Gasteiger partial charge in [0.2, 0.25) is 21.9 Å². The number of piperazine rings is 1. The average Bonchev–Trinajstić information content (AvgIpc) is 3.40. The van der Waals surface area contributed by atoms with Crippen molar-refractivity contribution in [2.75, 3.05) is 45.7 Å². The van der Waals surface area contributed by atoms with Gasteiger partial charge in [0, 0.05) is 37.4 Å². The normalized spacial score (nSPS) is 16.1. The summed E-state index contributed by atoms with van der Waals surface area (Å²) >= 11 is 0. The van der Waals surface area contributed by atoms with Crippen LogP contribution in [-0.4, -0.2) is 84.5 Å². The molecule has 0 saturated carbocycles. The zero-order valence-corrected chi connectivity index (χ0v) is 24.4. The Bertz CT molecular complexity index is 1660. The van der Waals surface area contributed by atoms with Crippen LogP contribution >= 0.6 is 0 Å². The minimum absolute atomic E-state index is 0.0625. The van der Waals surface area contributed by atoms with E-state index in [0.29, 0.717) is 47.6 Å². The largest absolute Gasteiger partial charge is 0.495 e. The Kier molecular flexibility index (Phi) is 8.13. The van der Waals surface area contributed by atoms with E-state index in [4.69, 9.17) is 9.47 Å². The number of carbonyl (C=O) groups is 1. The van der Waals surface area contributed by atoms with Crippen molar-refractivity contribution in [2.24, 2.45) is 0 Å². The molecule has 1 fully saturated rings. The van der Waals surface area contributed by atoms with E-state index in [0.717, 1.165) is 10.5 Å². The van der Waals surface area contributed by atoms with Crippen LogP contribution in [0, 0.1) is 0 Å². The summed E-state index contributed by atoms with van der Waals surface area (Å²) in [5, 5.41) is 3.60. The van der Waals surface area contributed by atoms with Crippen LogP contribution in [0.1, 0.15) is 29.8 Å². The number of amides is 1. The van der Waals surface area contributed by atoms with E-state index in [-0.39, 0.29) is 35.2 Å². The molecule has 12 heteroatoms. The molecule has 216 valence electrons. The minimum Gasteiger partial charge on any atom is -0.495 e. The van der Waals surface area contributed by atoms with Gasteiger partial charge in [-0.1, -0.05) is 30.3 Å². The summed E-state index contributed by atoms with van der Waals surface area (Å²) in [6, 6.07) is 16.0. The van der Waals surface area contributed by atoms with Crippen LogP contribution < -0.4 is 14.8 Å². The lowest BCUT2D eigenvalue weighted by atomic mass is 10.1. The Balaban J connectivity index is 1.46. The molecule has 0 aliphatic carbocycles. The molecule has 0 radical (unpaired) electrons. The van der Waals surface area contributed by atoms with Crippen LogP contribution in [0.2, 0.25) is 0 Å². The van der Waals surface area contributed by atoms with Gasteiger partial charge in [-0.15, -0.1) is 0 Å². The quantitative estimate of drug-likeness (QED) is 0.317. The first-order valence-corrected chi connectivity index (χ1v) is 15.0. The highest BCUT2D eigenvalue weighted by atomic mass is 32.2. The van der Waals surface area contributed by atoms with Crippen molar-refractivity contribution in [3.05, 3.63) is 71.9 Å². The topological polar surface area (TPSA) is 119 Å². The van der Waals surface area contributed by atoms with E-state index in [1.165, 1.54) is 13.3 Å². The second-order valence-corrected chi connectivity index (χ2v) is 11.8. The smallest absolute Gasteiger partial charge is 0.254 e. The average molecular weight is 579 g/mol. The number of rotatable bonds is 9. The lowest BCUT2D eigenvalue weighted by Crippen LogP contribution is -2.52. The number of carbonyl (C=O) groups excluding carboxylic acids is 1. The minimum atomic E-state index is -3.79. The highest BCUT2D eigenvalue weighted by Crippen LogP contribution is 2.32. The fourth-order valence-corrected chi connectivity index (χ4v) is 6.21. The first-order valence-electron chi connectivity index (χ1n) is 13.4. The van der Waals surface area contributed by atoms with Gasteiger partial charge in [-0.3, -0.25) is 4.79 Å². The van der Waals surface area contributed by atoms with Gasteiger partial charge in [0.25, 0.3) is 5.91 Å². The standard InChI is InChI=1S/C29H34N6O5S/c1-5-40-27-23-13-14-35(41(37,38)19-21-9-7-6-8-10-21)26(23)31-29(32-27)30-24-12-11-22(17-25(24)39-4)28(36)34-16-15-33(3)20(2)18-34/h6-14,17,20H,5,15-16,18-19H2,1-4H3,(H,30,31,32)/t20-/m0/s1. The number of benzene rings is 2. The maximum atomic E-state index is 13.4. The number of nitrogens with zero attached hydrogens (tertiary/aromatic N) is 5. The fourth-order valence-electron chi connectivity index (χ4n) is 4.81. The Morgan fingerprint density at radius 2 is 1.88 bits per heavy atom. The third kappa shape index (κ3) is 5.98. The summed E-state index contributed by atoms with van der Waals surface area (Å²) in [4.78, 5) is 26.3. The Labute approximate surface area is 239 Å². The summed E-state index contributed by atoms with van der Waals surface area (Å²) in [6.45, 7) is 6.38. The molecule has 5 rings (SSSR count). The van der Waals surface area contributed by atoms with E-state index in [2.05, 4.69) is 34.2 Å². The van der Waals surface area contributed by atoms with E-state index in [1.54, 1.807) is 48.5 Å². The molecule has 2 aromatic heterocycles. The molecule has 4 aromatic rings.